The van der Waals surface area contributed by atoms with Crippen LogP contribution in [0.25, 0.3) is 0 Å². The molecule has 1 saturated heterocycles. The average molecular weight is 261 g/mol. The van der Waals surface area contributed by atoms with Gasteiger partial charge in [-0.25, -0.2) is 0 Å². The third kappa shape index (κ3) is 2.93. The molecule has 2 aliphatic heterocycles. The summed E-state index contributed by atoms with van der Waals surface area (Å²) in [6, 6.07) is 6.69. The van der Waals surface area contributed by atoms with Crippen LogP contribution in [0.4, 0.5) is 0 Å². The van der Waals surface area contributed by atoms with Gasteiger partial charge >= 0.3 is 0 Å². The van der Waals surface area contributed by atoms with Crippen molar-refractivity contribution in [3.8, 4) is 5.75 Å². The zero-order chi connectivity index (χ0) is 13.2. The Kier molecular flexibility index (Phi) is 3.76. The molecule has 3 nitrogen and oxygen atoms in total. The van der Waals surface area contributed by atoms with Crippen LogP contribution in [0.2, 0.25) is 0 Å². The monoisotopic (exact) mass is 261 g/mol. The van der Waals surface area contributed by atoms with E-state index in [0.717, 1.165) is 44.5 Å². The number of ether oxygens (including phenoxy) is 2. The lowest BCUT2D eigenvalue weighted by molar-refractivity contribution is 0.0388. The molecule has 0 bridgehead atoms. The smallest absolute Gasteiger partial charge is 0.122 e. The minimum atomic E-state index is 0.162. The van der Waals surface area contributed by atoms with Crippen molar-refractivity contribution in [3.63, 3.8) is 0 Å². The number of benzene rings is 1. The second kappa shape index (κ2) is 5.51. The van der Waals surface area contributed by atoms with Crippen LogP contribution in [0, 0.1) is 0 Å². The summed E-state index contributed by atoms with van der Waals surface area (Å²) in [7, 11) is 0. The summed E-state index contributed by atoms with van der Waals surface area (Å²) in [6.45, 7) is 2.96. The highest BCUT2D eigenvalue weighted by Crippen LogP contribution is 2.27. The maximum absolute atomic E-state index is 6.25. The van der Waals surface area contributed by atoms with Crippen molar-refractivity contribution < 1.29 is 9.47 Å². The lowest BCUT2D eigenvalue weighted by atomic mass is 9.98. The molecule has 0 radical (unpaired) electrons. The molecule has 2 heterocycles. The van der Waals surface area contributed by atoms with Gasteiger partial charge in [0.15, 0.2) is 0 Å². The Morgan fingerprint density at radius 1 is 1.37 bits per heavy atom. The molecule has 19 heavy (non-hydrogen) atoms. The van der Waals surface area contributed by atoms with Gasteiger partial charge in [0.2, 0.25) is 0 Å². The van der Waals surface area contributed by atoms with Gasteiger partial charge in [-0.15, -0.1) is 0 Å². The second-order valence-electron chi connectivity index (χ2n) is 5.81. The molecule has 3 rings (SSSR count). The van der Waals surface area contributed by atoms with Crippen molar-refractivity contribution in [3.05, 3.63) is 29.3 Å². The predicted molar refractivity (Wildman–Crippen MR) is 75.5 cm³/mol. The normalized spacial score (nSPS) is 27.1. The van der Waals surface area contributed by atoms with E-state index in [9.17, 15) is 0 Å². The van der Waals surface area contributed by atoms with Gasteiger partial charge in [0.1, 0.15) is 5.75 Å². The summed E-state index contributed by atoms with van der Waals surface area (Å²) < 4.78 is 11.4. The fourth-order valence-electron chi connectivity index (χ4n) is 3.06. The van der Waals surface area contributed by atoms with Gasteiger partial charge in [-0.1, -0.05) is 12.1 Å². The third-order valence-electron chi connectivity index (χ3n) is 4.26. The molecular formula is C16H23NO2. The molecule has 0 saturated carbocycles. The van der Waals surface area contributed by atoms with Gasteiger partial charge in [0, 0.05) is 12.5 Å². The summed E-state index contributed by atoms with van der Waals surface area (Å²) >= 11 is 0. The van der Waals surface area contributed by atoms with Gasteiger partial charge in [0.25, 0.3) is 0 Å². The molecule has 2 N–H and O–H groups in total. The number of hydrogen-bond acceptors (Lipinski definition) is 3. The van der Waals surface area contributed by atoms with Gasteiger partial charge < -0.3 is 15.2 Å². The third-order valence-corrected chi connectivity index (χ3v) is 4.26. The second-order valence-corrected chi connectivity index (χ2v) is 5.81. The van der Waals surface area contributed by atoms with Crippen LogP contribution in [0.1, 0.15) is 37.3 Å². The van der Waals surface area contributed by atoms with E-state index in [-0.39, 0.29) is 12.1 Å². The summed E-state index contributed by atoms with van der Waals surface area (Å²) in [5.41, 5.74) is 8.96. The molecule has 104 valence electrons. The molecule has 0 amide bonds. The Morgan fingerprint density at radius 3 is 3.05 bits per heavy atom. The summed E-state index contributed by atoms with van der Waals surface area (Å²) in [6.07, 6.45) is 5.97. The molecule has 1 aromatic rings. The quantitative estimate of drug-likeness (QED) is 0.905. The molecule has 1 aromatic carbocycles. The average Bonchev–Trinajstić information content (AvgIpc) is 3.03. The summed E-state index contributed by atoms with van der Waals surface area (Å²) in [5.74, 6) is 1.06. The molecule has 0 spiro atoms. The lowest BCUT2D eigenvalue weighted by Gasteiger charge is -2.19. The Balaban J connectivity index is 1.54. The van der Waals surface area contributed by atoms with Crippen molar-refractivity contribution in [2.75, 3.05) is 6.61 Å². The maximum atomic E-state index is 6.25. The predicted octanol–water partition coefficient (Wildman–Crippen LogP) is 2.45. The van der Waals surface area contributed by atoms with E-state index < -0.39 is 0 Å². The standard InChI is InChI=1S/C16H23NO2/c1-11-2-6-16(19-11)14(17)5-3-12-4-7-15-13(10-12)8-9-18-15/h4,7,10-11,14,16H,2-3,5-6,8-9,17H2,1H3. The van der Waals surface area contributed by atoms with Crippen molar-refractivity contribution in [1.29, 1.82) is 0 Å². The molecule has 2 aliphatic rings. The number of nitrogens with two attached hydrogens (primary N) is 1. The fourth-order valence-corrected chi connectivity index (χ4v) is 3.06. The first kappa shape index (κ1) is 12.9. The first-order valence-corrected chi connectivity index (χ1v) is 7.38. The Morgan fingerprint density at radius 2 is 2.26 bits per heavy atom. The SMILES string of the molecule is CC1CCC(C(N)CCc2ccc3c(c2)CCO3)O1. The zero-order valence-electron chi connectivity index (χ0n) is 11.6. The number of rotatable bonds is 4. The largest absolute Gasteiger partial charge is 0.493 e. The number of aryl methyl sites for hydroxylation is 1. The molecular weight excluding hydrogens is 238 g/mol. The van der Waals surface area contributed by atoms with E-state index in [4.69, 9.17) is 15.2 Å². The van der Waals surface area contributed by atoms with Gasteiger partial charge in [-0.3, -0.25) is 0 Å². The van der Waals surface area contributed by atoms with E-state index in [1.165, 1.54) is 11.1 Å². The summed E-state index contributed by atoms with van der Waals surface area (Å²) in [5, 5.41) is 0. The lowest BCUT2D eigenvalue weighted by Crippen LogP contribution is -2.35. The van der Waals surface area contributed by atoms with Crippen LogP contribution >= 0.6 is 0 Å². The molecule has 3 heteroatoms. The number of hydrogen-bond donors (Lipinski definition) is 1. The van der Waals surface area contributed by atoms with Gasteiger partial charge in [-0.05, 0) is 49.8 Å². The van der Waals surface area contributed by atoms with E-state index in [2.05, 4.69) is 25.1 Å². The fraction of sp³-hybridized carbons (Fsp3) is 0.625. The Hall–Kier alpha value is -1.06. The van der Waals surface area contributed by atoms with Crippen molar-refractivity contribution >= 4 is 0 Å². The van der Waals surface area contributed by atoms with Crippen LogP contribution in [-0.2, 0) is 17.6 Å². The Labute approximate surface area is 115 Å². The topological polar surface area (TPSA) is 44.5 Å². The zero-order valence-corrected chi connectivity index (χ0v) is 11.6. The molecule has 3 atom stereocenters. The highest BCUT2D eigenvalue weighted by molar-refractivity contribution is 5.39. The highest BCUT2D eigenvalue weighted by Gasteiger charge is 2.27. The first-order chi connectivity index (χ1) is 9.22. The van der Waals surface area contributed by atoms with Crippen molar-refractivity contribution in [2.24, 2.45) is 5.73 Å². The van der Waals surface area contributed by atoms with Crippen molar-refractivity contribution in [2.45, 2.75) is 57.3 Å². The molecule has 0 aliphatic carbocycles. The number of fused-ring (bicyclic) bond motifs is 1. The van der Waals surface area contributed by atoms with Crippen LogP contribution in [-0.4, -0.2) is 24.9 Å². The minimum absolute atomic E-state index is 0.162. The molecule has 1 fully saturated rings. The maximum Gasteiger partial charge on any atom is 0.122 e. The van der Waals surface area contributed by atoms with Crippen LogP contribution in [0.15, 0.2) is 18.2 Å². The van der Waals surface area contributed by atoms with Crippen molar-refractivity contribution in [1.82, 2.24) is 0 Å². The van der Waals surface area contributed by atoms with Crippen LogP contribution in [0.5, 0.6) is 5.75 Å². The molecule has 3 unspecified atom stereocenters. The van der Waals surface area contributed by atoms with Gasteiger partial charge in [-0.2, -0.15) is 0 Å². The Bertz CT molecular complexity index is 446. The molecule has 0 aromatic heterocycles. The van der Waals surface area contributed by atoms with E-state index >= 15 is 0 Å². The summed E-state index contributed by atoms with van der Waals surface area (Å²) in [4.78, 5) is 0. The first-order valence-electron chi connectivity index (χ1n) is 7.38. The van der Waals surface area contributed by atoms with E-state index in [0.29, 0.717) is 6.10 Å². The van der Waals surface area contributed by atoms with Gasteiger partial charge in [0.05, 0.1) is 18.8 Å². The minimum Gasteiger partial charge on any atom is -0.493 e. The highest BCUT2D eigenvalue weighted by atomic mass is 16.5. The van der Waals surface area contributed by atoms with E-state index in [1.807, 2.05) is 0 Å². The van der Waals surface area contributed by atoms with Crippen LogP contribution < -0.4 is 10.5 Å². The van der Waals surface area contributed by atoms with Crippen LogP contribution in [0.3, 0.4) is 0 Å². The van der Waals surface area contributed by atoms with E-state index in [1.54, 1.807) is 0 Å².